The Balaban J connectivity index is 5.22. The first-order valence-electron chi connectivity index (χ1n) is 8.75. The van der Waals surface area contributed by atoms with Crippen LogP contribution in [0, 0.1) is 0 Å². The molecular formula is C18H37NO3Si. The molecule has 2 atom stereocenters. The van der Waals surface area contributed by atoms with Crippen LogP contribution in [0.3, 0.4) is 0 Å². The van der Waals surface area contributed by atoms with Crippen molar-refractivity contribution in [3.05, 3.63) is 12.2 Å². The van der Waals surface area contributed by atoms with E-state index >= 15 is 0 Å². The SMILES string of the molecule is C=C(C[Si](C)(C)C)[C@@H](OC(=O)N(C(C)C)C(C)C)[C@H](O)CCC. The van der Waals surface area contributed by atoms with Gasteiger partial charge in [0, 0.05) is 20.2 Å². The highest BCUT2D eigenvalue weighted by molar-refractivity contribution is 6.76. The molecule has 0 saturated carbocycles. The molecule has 0 spiro atoms. The maximum absolute atomic E-state index is 12.6. The van der Waals surface area contributed by atoms with E-state index in [9.17, 15) is 9.90 Å². The van der Waals surface area contributed by atoms with Crippen LogP contribution in [-0.2, 0) is 4.74 Å². The molecule has 0 bridgehead atoms. The number of nitrogens with zero attached hydrogens (tertiary/aromatic N) is 1. The number of ether oxygens (including phenoxy) is 1. The molecule has 0 aromatic carbocycles. The Bertz CT molecular complexity index is 380. The minimum atomic E-state index is -1.39. The summed E-state index contributed by atoms with van der Waals surface area (Å²) in [5.74, 6) is 0. The second-order valence-corrected chi connectivity index (χ2v) is 13.6. The van der Waals surface area contributed by atoms with E-state index in [0.717, 1.165) is 18.0 Å². The topological polar surface area (TPSA) is 49.8 Å². The van der Waals surface area contributed by atoms with Crippen molar-refractivity contribution in [2.24, 2.45) is 0 Å². The molecule has 5 heteroatoms. The van der Waals surface area contributed by atoms with Gasteiger partial charge in [-0.15, -0.1) is 0 Å². The average Bonchev–Trinajstić information content (AvgIpc) is 2.32. The predicted molar refractivity (Wildman–Crippen MR) is 101 cm³/mol. The van der Waals surface area contributed by atoms with E-state index in [1.54, 1.807) is 4.90 Å². The van der Waals surface area contributed by atoms with Crippen molar-refractivity contribution in [3.8, 4) is 0 Å². The van der Waals surface area contributed by atoms with Crippen LogP contribution in [0.5, 0.6) is 0 Å². The highest BCUT2D eigenvalue weighted by atomic mass is 28.3. The molecule has 0 saturated heterocycles. The molecule has 4 nitrogen and oxygen atoms in total. The first-order chi connectivity index (χ1) is 10.4. The number of rotatable bonds is 9. The summed E-state index contributed by atoms with van der Waals surface area (Å²) in [7, 11) is -1.39. The molecule has 1 amide bonds. The number of carbonyl (C=O) groups excluding carboxylic acids is 1. The van der Waals surface area contributed by atoms with E-state index in [0.29, 0.717) is 6.42 Å². The van der Waals surface area contributed by atoms with Crippen molar-refractivity contribution in [2.75, 3.05) is 0 Å². The molecule has 0 aliphatic heterocycles. The van der Waals surface area contributed by atoms with Gasteiger partial charge in [-0.25, -0.2) is 4.79 Å². The maximum atomic E-state index is 12.6. The molecule has 23 heavy (non-hydrogen) atoms. The van der Waals surface area contributed by atoms with Gasteiger partial charge in [-0.3, -0.25) is 0 Å². The Morgan fingerprint density at radius 2 is 1.65 bits per heavy atom. The Kier molecular flexibility index (Phi) is 9.14. The summed E-state index contributed by atoms with van der Waals surface area (Å²) < 4.78 is 5.72. The number of aliphatic hydroxyl groups is 1. The van der Waals surface area contributed by atoms with Gasteiger partial charge in [-0.05, 0) is 45.7 Å². The summed E-state index contributed by atoms with van der Waals surface area (Å²) in [6, 6.07) is 0.947. The van der Waals surface area contributed by atoms with Crippen molar-refractivity contribution in [3.63, 3.8) is 0 Å². The highest BCUT2D eigenvalue weighted by Crippen LogP contribution is 2.24. The molecular weight excluding hydrogens is 306 g/mol. The van der Waals surface area contributed by atoms with Crippen LogP contribution in [0.25, 0.3) is 0 Å². The van der Waals surface area contributed by atoms with E-state index in [2.05, 4.69) is 26.2 Å². The lowest BCUT2D eigenvalue weighted by Crippen LogP contribution is -2.46. The minimum absolute atomic E-state index is 0.0525. The monoisotopic (exact) mass is 343 g/mol. The van der Waals surface area contributed by atoms with Crippen LogP contribution in [-0.4, -0.2) is 48.5 Å². The van der Waals surface area contributed by atoms with Crippen molar-refractivity contribution in [1.29, 1.82) is 0 Å². The first kappa shape index (κ1) is 22.2. The van der Waals surface area contributed by atoms with Gasteiger partial charge in [-0.1, -0.05) is 39.6 Å². The third-order valence-corrected chi connectivity index (χ3v) is 5.16. The fourth-order valence-corrected chi connectivity index (χ4v) is 4.41. The van der Waals surface area contributed by atoms with Gasteiger partial charge < -0.3 is 14.7 Å². The van der Waals surface area contributed by atoms with Gasteiger partial charge in [0.05, 0.1) is 6.10 Å². The van der Waals surface area contributed by atoms with E-state index in [1.165, 1.54) is 0 Å². The second-order valence-electron chi connectivity index (χ2n) is 8.15. The van der Waals surface area contributed by atoms with Crippen LogP contribution in [0.1, 0.15) is 47.5 Å². The molecule has 0 rings (SSSR count). The summed E-state index contributed by atoms with van der Waals surface area (Å²) in [4.78, 5) is 14.3. The zero-order valence-electron chi connectivity index (χ0n) is 16.3. The number of aliphatic hydroxyl groups excluding tert-OH is 1. The quantitative estimate of drug-likeness (QED) is 0.489. The molecule has 0 radical (unpaired) electrons. The minimum Gasteiger partial charge on any atom is -0.439 e. The van der Waals surface area contributed by atoms with Crippen LogP contribution in [0.4, 0.5) is 4.79 Å². The number of carbonyl (C=O) groups is 1. The third kappa shape index (κ3) is 8.02. The number of amides is 1. The van der Waals surface area contributed by atoms with E-state index < -0.39 is 20.3 Å². The highest BCUT2D eigenvalue weighted by Gasteiger charge is 2.31. The second kappa shape index (κ2) is 9.47. The summed E-state index contributed by atoms with van der Waals surface area (Å²) in [6.07, 6.45) is -0.227. The lowest BCUT2D eigenvalue weighted by atomic mass is 10.0. The molecule has 136 valence electrons. The normalized spacial score (nSPS) is 14.7. The van der Waals surface area contributed by atoms with Crippen molar-refractivity contribution in [2.45, 2.75) is 97.4 Å². The van der Waals surface area contributed by atoms with Gasteiger partial charge >= 0.3 is 6.09 Å². The van der Waals surface area contributed by atoms with E-state index in [-0.39, 0.29) is 18.2 Å². The summed E-state index contributed by atoms with van der Waals surface area (Å²) in [5.41, 5.74) is 0.839. The number of hydrogen-bond acceptors (Lipinski definition) is 3. The summed E-state index contributed by atoms with van der Waals surface area (Å²) in [6.45, 7) is 20.8. The lowest BCUT2D eigenvalue weighted by Gasteiger charge is -2.34. The van der Waals surface area contributed by atoms with Crippen LogP contribution in [0.15, 0.2) is 12.2 Å². The standard InChI is InChI=1S/C18H37NO3Si/c1-10-11-16(20)17(15(6)12-23(7,8)9)22-18(21)19(13(2)3)14(4)5/h13-14,16-17,20H,6,10-12H2,1-5,7-9H3/t16-,17-/m1/s1. The van der Waals surface area contributed by atoms with Gasteiger partial charge in [0.2, 0.25) is 0 Å². The molecule has 0 unspecified atom stereocenters. The summed E-state index contributed by atoms with van der Waals surface area (Å²) in [5, 5.41) is 10.4. The molecule has 0 aliphatic rings. The van der Waals surface area contributed by atoms with Crippen LogP contribution in [0.2, 0.25) is 25.7 Å². The summed E-state index contributed by atoms with van der Waals surface area (Å²) >= 11 is 0. The van der Waals surface area contributed by atoms with Crippen molar-refractivity contribution in [1.82, 2.24) is 4.90 Å². The molecule has 0 heterocycles. The molecule has 0 aromatic rings. The van der Waals surface area contributed by atoms with Crippen LogP contribution >= 0.6 is 0 Å². The van der Waals surface area contributed by atoms with Crippen molar-refractivity contribution < 1.29 is 14.6 Å². The lowest BCUT2D eigenvalue weighted by molar-refractivity contribution is -0.00526. The average molecular weight is 344 g/mol. The van der Waals surface area contributed by atoms with Gasteiger partial charge in [0.1, 0.15) is 6.10 Å². The van der Waals surface area contributed by atoms with Crippen LogP contribution < -0.4 is 0 Å². The fraction of sp³-hybridized carbons (Fsp3) is 0.833. The van der Waals surface area contributed by atoms with Gasteiger partial charge in [-0.2, -0.15) is 0 Å². The van der Waals surface area contributed by atoms with E-state index in [4.69, 9.17) is 4.74 Å². The smallest absolute Gasteiger partial charge is 0.410 e. The first-order valence-corrected chi connectivity index (χ1v) is 12.5. The Hall–Kier alpha value is -0.813. The number of hydrogen-bond donors (Lipinski definition) is 1. The maximum Gasteiger partial charge on any atom is 0.410 e. The Labute approximate surface area is 143 Å². The zero-order valence-corrected chi connectivity index (χ0v) is 17.3. The Morgan fingerprint density at radius 1 is 1.17 bits per heavy atom. The molecule has 0 fully saturated rings. The fourth-order valence-electron chi connectivity index (χ4n) is 2.85. The third-order valence-electron chi connectivity index (χ3n) is 3.64. The Morgan fingerprint density at radius 3 is 2.00 bits per heavy atom. The largest absolute Gasteiger partial charge is 0.439 e. The zero-order chi connectivity index (χ0) is 18.4. The predicted octanol–water partition coefficient (Wildman–Crippen LogP) is 4.67. The van der Waals surface area contributed by atoms with Gasteiger partial charge in [0.15, 0.2) is 0 Å². The van der Waals surface area contributed by atoms with Crippen molar-refractivity contribution >= 4 is 14.2 Å². The molecule has 1 N–H and O–H groups in total. The molecule has 0 aliphatic carbocycles. The van der Waals surface area contributed by atoms with Gasteiger partial charge in [0.25, 0.3) is 0 Å². The van der Waals surface area contributed by atoms with E-state index in [1.807, 2.05) is 34.6 Å². The molecule has 0 aromatic heterocycles.